The molecule has 4 nitrogen and oxygen atoms in total. The summed E-state index contributed by atoms with van der Waals surface area (Å²) in [5.74, 6) is 4.66. The first-order valence-corrected chi connectivity index (χ1v) is 24.5. The lowest BCUT2D eigenvalue weighted by molar-refractivity contribution is 0.381. The fourth-order valence-corrected chi connectivity index (χ4v) is 8.80. The van der Waals surface area contributed by atoms with Crippen molar-refractivity contribution >= 4 is 22.5 Å². The molecule has 0 saturated heterocycles. The molecule has 5 rings (SSSR count). The van der Waals surface area contributed by atoms with E-state index in [4.69, 9.17) is 27.4 Å². The van der Waals surface area contributed by atoms with Crippen LogP contribution < -0.4 is 20.9 Å². The molecule has 372 valence electrons. The molecule has 5 aromatic carbocycles. The molecule has 0 aromatic heterocycles. The molecule has 4 heteroatoms. The van der Waals surface area contributed by atoms with Crippen molar-refractivity contribution in [3.05, 3.63) is 164 Å². The Morgan fingerprint density at radius 2 is 0.739 bits per heavy atom. The molecule has 0 aliphatic carbocycles. The zero-order valence-electron chi connectivity index (χ0n) is 47.4. The maximum Gasteiger partial charge on any atom is 0.126 e. The number of terminal acetylenes is 1. The Hall–Kier alpha value is -5.66. The molecule has 0 radical (unpaired) electrons. The van der Waals surface area contributed by atoms with Crippen LogP contribution in [0.5, 0.6) is 11.5 Å². The number of benzene rings is 5. The van der Waals surface area contributed by atoms with Gasteiger partial charge in [0, 0.05) is 50.3 Å². The van der Waals surface area contributed by atoms with Crippen LogP contribution in [-0.2, 0) is 32.5 Å². The first-order valence-electron chi connectivity index (χ1n) is 24.5. The molecule has 0 aliphatic heterocycles. The molecule has 0 fully saturated rings. The van der Waals surface area contributed by atoms with Gasteiger partial charge in [0.05, 0.1) is 14.2 Å². The SMILES string of the molecule is C#Cc1cc(C(C)(C)C)c(OC)c(C(C)(C)C)c1.C=C(c1cc(C(C)(C)C)c(C)c(C(C)(C)C)c1)c1cc(C)cc(C(=C)c2cc(C(C)(C)C)c(OC)c(C(C)(C)C)c2)c1N.Cc1ccc(N)cc1. The quantitative estimate of drug-likeness (QED) is 0.131. The van der Waals surface area contributed by atoms with Crippen molar-refractivity contribution < 1.29 is 9.47 Å². The second-order valence-corrected chi connectivity index (χ2v) is 25.2. The van der Waals surface area contributed by atoms with Gasteiger partial charge in [-0.2, -0.15) is 0 Å². The maximum atomic E-state index is 7.06. The zero-order valence-corrected chi connectivity index (χ0v) is 47.4. The Labute approximate surface area is 421 Å². The fraction of sp³-hybridized carbons (Fsp3) is 0.446. The molecule has 0 bridgehead atoms. The highest BCUT2D eigenvalue weighted by atomic mass is 16.5. The second kappa shape index (κ2) is 21.1. The van der Waals surface area contributed by atoms with Crippen LogP contribution in [0, 0.1) is 33.1 Å². The van der Waals surface area contributed by atoms with E-state index in [0.29, 0.717) is 5.69 Å². The van der Waals surface area contributed by atoms with Gasteiger partial charge in [-0.3, -0.25) is 0 Å². The van der Waals surface area contributed by atoms with E-state index in [2.05, 4.69) is 206 Å². The molecule has 0 amide bonds. The van der Waals surface area contributed by atoms with Gasteiger partial charge in [-0.05, 0) is 146 Å². The number of nitrogen functional groups attached to an aromatic ring is 2. The number of ether oxygens (including phenoxy) is 2. The van der Waals surface area contributed by atoms with E-state index in [1.165, 1.54) is 44.5 Å². The highest BCUT2D eigenvalue weighted by molar-refractivity contribution is 5.93. The predicted molar refractivity (Wildman–Crippen MR) is 305 cm³/mol. The number of nitrogens with two attached hydrogens (primary N) is 2. The van der Waals surface area contributed by atoms with Gasteiger partial charge in [-0.25, -0.2) is 0 Å². The summed E-state index contributed by atoms with van der Waals surface area (Å²) in [5, 5.41) is 0. The summed E-state index contributed by atoms with van der Waals surface area (Å²) in [6.07, 6.45) is 5.57. The van der Waals surface area contributed by atoms with Gasteiger partial charge in [0.15, 0.2) is 0 Å². The summed E-state index contributed by atoms with van der Waals surface area (Å²) in [6, 6.07) is 25.3. The monoisotopic (exact) mass is 931 g/mol. The number of aryl methyl sites for hydroxylation is 2. The van der Waals surface area contributed by atoms with Gasteiger partial charge in [0.2, 0.25) is 0 Å². The van der Waals surface area contributed by atoms with Crippen LogP contribution >= 0.6 is 0 Å². The molecule has 0 aliphatic rings. The lowest BCUT2D eigenvalue weighted by Crippen LogP contribution is -2.20. The molecule has 5 aromatic rings. The smallest absolute Gasteiger partial charge is 0.126 e. The van der Waals surface area contributed by atoms with Crippen LogP contribution in [-0.4, -0.2) is 14.2 Å². The number of methoxy groups -OCH3 is 2. The summed E-state index contributed by atoms with van der Waals surface area (Å²) in [5.41, 5.74) is 31.8. The summed E-state index contributed by atoms with van der Waals surface area (Å²) in [4.78, 5) is 0. The minimum atomic E-state index is -0.111. The third kappa shape index (κ3) is 14.2. The summed E-state index contributed by atoms with van der Waals surface area (Å²) in [7, 11) is 3.50. The van der Waals surface area contributed by atoms with Crippen molar-refractivity contribution in [3.8, 4) is 23.8 Å². The Morgan fingerprint density at radius 1 is 0.449 bits per heavy atom. The third-order valence-corrected chi connectivity index (χ3v) is 12.8. The highest BCUT2D eigenvalue weighted by Crippen LogP contribution is 2.45. The van der Waals surface area contributed by atoms with E-state index in [-0.39, 0.29) is 32.5 Å². The minimum Gasteiger partial charge on any atom is -0.496 e. The topological polar surface area (TPSA) is 70.5 Å². The van der Waals surface area contributed by atoms with Crippen molar-refractivity contribution in [2.75, 3.05) is 25.7 Å². The van der Waals surface area contributed by atoms with Gasteiger partial charge in [0.1, 0.15) is 11.5 Å². The number of anilines is 2. The van der Waals surface area contributed by atoms with Crippen LogP contribution in [0.2, 0.25) is 0 Å². The minimum absolute atomic E-state index is 0.00184. The van der Waals surface area contributed by atoms with E-state index >= 15 is 0 Å². The molecular weight excluding hydrogens is 841 g/mol. The van der Waals surface area contributed by atoms with Gasteiger partial charge in [-0.15, -0.1) is 6.42 Å². The van der Waals surface area contributed by atoms with Crippen molar-refractivity contribution in [2.24, 2.45) is 0 Å². The Kier molecular flexibility index (Phi) is 17.7. The summed E-state index contributed by atoms with van der Waals surface area (Å²) in [6.45, 7) is 55.8. The highest BCUT2D eigenvalue weighted by Gasteiger charge is 2.30. The molecule has 0 heterocycles. The lowest BCUT2D eigenvalue weighted by Gasteiger charge is -2.31. The van der Waals surface area contributed by atoms with Gasteiger partial charge in [0.25, 0.3) is 0 Å². The second-order valence-electron chi connectivity index (χ2n) is 25.2. The molecule has 0 atom stereocenters. The first-order chi connectivity index (χ1) is 31.3. The number of hydrogen-bond donors (Lipinski definition) is 2. The average molecular weight is 931 g/mol. The molecule has 0 saturated carbocycles. The van der Waals surface area contributed by atoms with E-state index in [1.54, 1.807) is 14.2 Å². The van der Waals surface area contributed by atoms with Crippen LogP contribution in [0.3, 0.4) is 0 Å². The van der Waals surface area contributed by atoms with E-state index in [9.17, 15) is 0 Å². The van der Waals surface area contributed by atoms with Crippen LogP contribution in [0.25, 0.3) is 11.1 Å². The van der Waals surface area contributed by atoms with Crippen LogP contribution in [0.15, 0.2) is 86.0 Å². The third-order valence-electron chi connectivity index (χ3n) is 12.8. The zero-order chi connectivity index (χ0) is 53.2. The molecule has 0 unspecified atom stereocenters. The maximum absolute atomic E-state index is 7.06. The lowest BCUT2D eigenvalue weighted by atomic mass is 9.74. The van der Waals surface area contributed by atoms with Gasteiger partial charge >= 0.3 is 0 Å². The normalized spacial score (nSPS) is 12.2. The summed E-state index contributed by atoms with van der Waals surface area (Å²) < 4.78 is 11.7. The van der Waals surface area contributed by atoms with E-state index < -0.39 is 0 Å². The first kappa shape index (κ1) is 57.7. The van der Waals surface area contributed by atoms with Crippen LogP contribution in [0.1, 0.15) is 203 Å². The average Bonchev–Trinajstić information content (AvgIpc) is 3.22. The number of hydrogen-bond acceptors (Lipinski definition) is 4. The van der Waals surface area contributed by atoms with Gasteiger partial charge < -0.3 is 20.9 Å². The summed E-state index contributed by atoms with van der Waals surface area (Å²) >= 11 is 0. The van der Waals surface area contributed by atoms with E-state index in [0.717, 1.165) is 61.7 Å². The Balaban J connectivity index is 0.000000393. The molecule has 4 N–H and O–H groups in total. The molecule has 0 spiro atoms. The molecule has 69 heavy (non-hydrogen) atoms. The van der Waals surface area contributed by atoms with Crippen molar-refractivity contribution in [3.63, 3.8) is 0 Å². The number of rotatable bonds is 6. The largest absolute Gasteiger partial charge is 0.496 e. The Bertz CT molecular complexity index is 2570. The van der Waals surface area contributed by atoms with Crippen LogP contribution in [0.4, 0.5) is 11.4 Å². The van der Waals surface area contributed by atoms with E-state index in [1.807, 2.05) is 31.2 Å². The van der Waals surface area contributed by atoms with Gasteiger partial charge in [-0.1, -0.05) is 174 Å². The molecular formula is C65H90N2O2. The predicted octanol–water partition coefficient (Wildman–Crippen LogP) is 17.1. The Morgan fingerprint density at radius 3 is 1.00 bits per heavy atom. The fourth-order valence-electron chi connectivity index (χ4n) is 8.80. The van der Waals surface area contributed by atoms with Crippen molar-refractivity contribution in [2.45, 2.75) is 178 Å². The van der Waals surface area contributed by atoms with Crippen molar-refractivity contribution in [1.29, 1.82) is 0 Å². The van der Waals surface area contributed by atoms with Crippen molar-refractivity contribution in [1.82, 2.24) is 0 Å². The standard InChI is InChI=1S/C41H57NO.C17H24O.C7H9N/c1-24-18-30(25(2)28-20-32(38(5,6)7)27(4)33(21-28)39(8,9)10)36(42)31(19-24)26(3)29-22-34(40(11,12)13)37(43-17)35(23-29)41(14,15)16;1-9-12-10-13(16(2,3)4)15(18-8)14(11-12)17(5,6)7;1-6-2-4-7(8)5-3-6/h18-23H,2-3,42H2,1,4-17H3;1,10-11H,2-8H3;2-5H,8H2,1H3.